The topological polar surface area (TPSA) is 12.9 Å². The zero-order valence-electron chi connectivity index (χ0n) is 8.26. The van der Waals surface area contributed by atoms with E-state index < -0.39 is 0 Å². The minimum Gasteiger partial charge on any atom is -0.260 e. The van der Waals surface area contributed by atoms with Crippen molar-refractivity contribution in [1.82, 2.24) is 4.98 Å². The van der Waals surface area contributed by atoms with Gasteiger partial charge in [-0.3, -0.25) is 4.98 Å². The van der Waals surface area contributed by atoms with Crippen molar-refractivity contribution >= 4 is 11.6 Å². The average molecular weight is 198 g/mol. The molecule has 1 unspecified atom stereocenters. The molecule has 0 spiro atoms. The number of aromatic nitrogens is 1. The summed E-state index contributed by atoms with van der Waals surface area (Å²) in [5.74, 6) is 0.721. The molecule has 0 fully saturated rings. The summed E-state index contributed by atoms with van der Waals surface area (Å²) in [5, 5.41) is 0.715. The molecular formula is C11H16ClN. The Labute approximate surface area is 85.1 Å². The largest absolute Gasteiger partial charge is 0.260 e. The van der Waals surface area contributed by atoms with Gasteiger partial charge in [-0.25, -0.2) is 0 Å². The summed E-state index contributed by atoms with van der Waals surface area (Å²) in [6.45, 7) is 4.48. The molecular weight excluding hydrogens is 182 g/mol. The van der Waals surface area contributed by atoms with Crippen LogP contribution in [0.25, 0.3) is 0 Å². The molecule has 0 saturated carbocycles. The molecule has 1 heterocycles. The quantitative estimate of drug-likeness (QED) is 0.717. The molecule has 13 heavy (non-hydrogen) atoms. The Morgan fingerprint density at radius 3 is 2.77 bits per heavy atom. The standard InChI is InChI=1S/C11H16ClN/c1-3-4-9(2)7-11-6-5-10(12)8-13-11/h5-6,8-9H,3-4,7H2,1-2H3. The van der Waals surface area contributed by atoms with Crippen molar-refractivity contribution in [2.75, 3.05) is 0 Å². The van der Waals surface area contributed by atoms with Crippen LogP contribution in [0.1, 0.15) is 32.4 Å². The summed E-state index contributed by atoms with van der Waals surface area (Å²) in [6, 6.07) is 3.91. The van der Waals surface area contributed by atoms with Gasteiger partial charge in [0, 0.05) is 11.9 Å². The first-order valence-electron chi connectivity index (χ1n) is 4.82. The molecule has 2 heteroatoms. The SMILES string of the molecule is CCCC(C)Cc1ccc(Cl)cn1. The fourth-order valence-corrected chi connectivity index (χ4v) is 1.59. The molecule has 1 atom stereocenters. The van der Waals surface area contributed by atoms with E-state index in [-0.39, 0.29) is 0 Å². The Balaban J connectivity index is 2.49. The smallest absolute Gasteiger partial charge is 0.0589 e. The van der Waals surface area contributed by atoms with Gasteiger partial charge in [0.05, 0.1) is 5.02 Å². The Hall–Kier alpha value is -0.560. The monoisotopic (exact) mass is 197 g/mol. The molecule has 0 radical (unpaired) electrons. The first-order valence-corrected chi connectivity index (χ1v) is 5.20. The summed E-state index contributed by atoms with van der Waals surface area (Å²) < 4.78 is 0. The van der Waals surface area contributed by atoms with Crippen molar-refractivity contribution in [3.05, 3.63) is 29.0 Å². The Bertz CT molecular complexity index is 243. The average Bonchev–Trinajstić information content (AvgIpc) is 2.09. The molecule has 1 rings (SSSR count). The van der Waals surface area contributed by atoms with Gasteiger partial charge in [-0.2, -0.15) is 0 Å². The van der Waals surface area contributed by atoms with Crippen LogP contribution in [-0.4, -0.2) is 4.98 Å². The maximum absolute atomic E-state index is 5.75. The lowest BCUT2D eigenvalue weighted by atomic mass is 10.0. The summed E-state index contributed by atoms with van der Waals surface area (Å²) in [6.07, 6.45) is 5.29. The van der Waals surface area contributed by atoms with Crippen LogP contribution in [-0.2, 0) is 6.42 Å². The van der Waals surface area contributed by atoms with Crippen LogP contribution < -0.4 is 0 Å². The molecule has 0 aliphatic heterocycles. The van der Waals surface area contributed by atoms with Gasteiger partial charge >= 0.3 is 0 Å². The normalized spacial score (nSPS) is 12.8. The van der Waals surface area contributed by atoms with Gasteiger partial charge < -0.3 is 0 Å². The summed E-state index contributed by atoms with van der Waals surface area (Å²) >= 11 is 5.75. The molecule has 0 N–H and O–H groups in total. The van der Waals surface area contributed by atoms with E-state index in [0.717, 1.165) is 18.0 Å². The Kier molecular flexibility index (Phi) is 4.23. The van der Waals surface area contributed by atoms with E-state index in [1.807, 2.05) is 12.1 Å². The molecule has 0 aliphatic carbocycles. The molecule has 0 amide bonds. The number of nitrogens with zero attached hydrogens (tertiary/aromatic N) is 1. The van der Waals surface area contributed by atoms with E-state index in [0.29, 0.717) is 5.02 Å². The third-order valence-electron chi connectivity index (χ3n) is 2.13. The molecule has 0 aliphatic rings. The Morgan fingerprint density at radius 1 is 1.46 bits per heavy atom. The van der Waals surface area contributed by atoms with Crippen molar-refractivity contribution in [3.8, 4) is 0 Å². The number of hydrogen-bond donors (Lipinski definition) is 0. The highest BCUT2D eigenvalue weighted by atomic mass is 35.5. The molecule has 72 valence electrons. The van der Waals surface area contributed by atoms with Crippen LogP contribution in [0.5, 0.6) is 0 Å². The van der Waals surface area contributed by atoms with Gasteiger partial charge in [-0.05, 0) is 24.5 Å². The van der Waals surface area contributed by atoms with Crippen LogP contribution in [0.2, 0.25) is 5.02 Å². The molecule has 0 aromatic carbocycles. The van der Waals surface area contributed by atoms with Gasteiger partial charge in [0.2, 0.25) is 0 Å². The van der Waals surface area contributed by atoms with Crippen molar-refractivity contribution in [2.45, 2.75) is 33.1 Å². The lowest BCUT2D eigenvalue weighted by Gasteiger charge is -2.08. The molecule has 1 nitrogen and oxygen atoms in total. The van der Waals surface area contributed by atoms with Crippen LogP contribution >= 0.6 is 11.6 Å². The molecule has 1 aromatic rings. The first-order chi connectivity index (χ1) is 6.22. The maximum Gasteiger partial charge on any atom is 0.0589 e. The maximum atomic E-state index is 5.75. The molecule has 0 bridgehead atoms. The van der Waals surface area contributed by atoms with Crippen LogP contribution in [0, 0.1) is 5.92 Å². The van der Waals surface area contributed by atoms with E-state index >= 15 is 0 Å². The van der Waals surface area contributed by atoms with E-state index in [2.05, 4.69) is 18.8 Å². The Morgan fingerprint density at radius 2 is 2.23 bits per heavy atom. The van der Waals surface area contributed by atoms with Crippen LogP contribution in [0.15, 0.2) is 18.3 Å². The lowest BCUT2D eigenvalue weighted by molar-refractivity contribution is 0.516. The third kappa shape index (κ3) is 3.77. The van der Waals surface area contributed by atoms with Gasteiger partial charge in [-0.1, -0.05) is 38.3 Å². The zero-order valence-corrected chi connectivity index (χ0v) is 9.01. The first kappa shape index (κ1) is 10.5. The van der Waals surface area contributed by atoms with Crippen molar-refractivity contribution in [2.24, 2.45) is 5.92 Å². The second-order valence-electron chi connectivity index (χ2n) is 3.57. The van der Waals surface area contributed by atoms with Crippen molar-refractivity contribution < 1.29 is 0 Å². The van der Waals surface area contributed by atoms with Gasteiger partial charge in [-0.15, -0.1) is 0 Å². The van der Waals surface area contributed by atoms with Crippen molar-refractivity contribution in [1.29, 1.82) is 0 Å². The van der Waals surface area contributed by atoms with Gasteiger partial charge in [0.15, 0.2) is 0 Å². The predicted molar refractivity (Wildman–Crippen MR) is 57.0 cm³/mol. The number of pyridine rings is 1. The van der Waals surface area contributed by atoms with E-state index in [9.17, 15) is 0 Å². The van der Waals surface area contributed by atoms with Gasteiger partial charge in [0.1, 0.15) is 0 Å². The highest BCUT2D eigenvalue weighted by molar-refractivity contribution is 6.30. The minimum absolute atomic E-state index is 0.715. The molecule has 0 saturated heterocycles. The zero-order chi connectivity index (χ0) is 9.68. The fraction of sp³-hybridized carbons (Fsp3) is 0.545. The van der Waals surface area contributed by atoms with E-state index in [1.54, 1.807) is 6.20 Å². The highest BCUT2D eigenvalue weighted by Gasteiger charge is 2.02. The van der Waals surface area contributed by atoms with E-state index in [4.69, 9.17) is 11.6 Å². The third-order valence-corrected chi connectivity index (χ3v) is 2.35. The number of rotatable bonds is 4. The number of hydrogen-bond acceptors (Lipinski definition) is 1. The van der Waals surface area contributed by atoms with E-state index in [1.165, 1.54) is 12.8 Å². The van der Waals surface area contributed by atoms with Crippen LogP contribution in [0.3, 0.4) is 0 Å². The predicted octanol–water partition coefficient (Wildman–Crippen LogP) is 3.71. The second-order valence-corrected chi connectivity index (χ2v) is 4.00. The fourth-order valence-electron chi connectivity index (χ4n) is 1.48. The highest BCUT2D eigenvalue weighted by Crippen LogP contribution is 2.13. The number of halogens is 1. The van der Waals surface area contributed by atoms with Crippen LogP contribution in [0.4, 0.5) is 0 Å². The summed E-state index contributed by atoms with van der Waals surface area (Å²) in [7, 11) is 0. The summed E-state index contributed by atoms with van der Waals surface area (Å²) in [4.78, 5) is 4.27. The summed E-state index contributed by atoms with van der Waals surface area (Å²) in [5.41, 5.74) is 1.14. The molecule has 1 aromatic heterocycles. The second kappa shape index (κ2) is 5.23. The lowest BCUT2D eigenvalue weighted by Crippen LogP contribution is -2.00. The van der Waals surface area contributed by atoms with Gasteiger partial charge in [0.25, 0.3) is 0 Å². The van der Waals surface area contributed by atoms with Crippen molar-refractivity contribution in [3.63, 3.8) is 0 Å². The minimum atomic E-state index is 0.715.